The molecule has 0 spiro atoms. The van der Waals surface area contributed by atoms with Gasteiger partial charge in [0.1, 0.15) is 0 Å². The monoisotopic (exact) mass is 217 g/mol. The van der Waals surface area contributed by atoms with Crippen molar-refractivity contribution in [2.24, 2.45) is 17.6 Å². The fourth-order valence-corrected chi connectivity index (χ4v) is 2.47. The Morgan fingerprint density at radius 3 is 2.25 bits per heavy atom. The van der Waals surface area contributed by atoms with Gasteiger partial charge in [0.25, 0.3) is 0 Å². The van der Waals surface area contributed by atoms with Crippen LogP contribution < -0.4 is 5.73 Å². The zero-order valence-electron chi connectivity index (χ0n) is 10.4. The molecule has 1 unspecified atom stereocenters. The molecule has 1 aromatic rings. The molecule has 2 N–H and O–H groups in total. The lowest BCUT2D eigenvalue weighted by atomic mass is 9.92. The van der Waals surface area contributed by atoms with Crippen LogP contribution in [0.1, 0.15) is 43.7 Å². The highest BCUT2D eigenvalue weighted by molar-refractivity contribution is 5.27. The summed E-state index contributed by atoms with van der Waals surface area (Å²) in [6.45, 7) is 5.33. The van der Waals surface area contributed by atoms with E-state index in [1.54, 1.807) is 0 Å². The zero-order chi connectivity index (χ0) is 11.5. The zero-order valence-corrected chi connectivity index (χ0v) is 10.4. The van der Waals surface area contributed by atoms with Crippen molar-refractivity contribution < 1.29 is 0 Å². The van der Waals surface area contributed by atoms with Crippen LogP contribution in [-0.2, 0) is 6.42 Å². The first-order valence-electron chi connectivity index (χ1n) is 6.49. The van der Waals surface area contributed by atoms with E-state index in [1.807, 2.05) is 0 Å². The van der Waals surface area contributed by atoms with Gasteiger partial charge in [0.05, 0.1) is 0 Å². The molecule has 1 heteroatoms. The first-order chi connectivity index (χ1) is 7.70. The number of benzene rings is 1. The smallest absolute Gasteiger partial charge is 0.000556 e. The second kappa shape index (κ2) is 5.01. The third kappa shape index (κ3) is 2.85. The van der Waals surface area contributed by atoms with E-state index in [1.165, 1.54) is 30.4 Å². The van der Waals surface area contributed by atoms with Crippen molar-refractivity contribution in [3.63, 3.8) is 0 Å². The lowest BCUT2D eigenvalue weighted by molar-refractivity contribution is 0.614. The summed E-state index contributed by atoms with van der Waals surface area (Å²) in [6.07, 6.45) is 3.92. The van der Waals surface area contributed by atoms with E-state index in [-0.39, 0.29) is 0 Å². The molecule has 1 aromatic carbocycles. The lowest BCUT2D eigenvalue weighted by Crippen LogP contribution is -2.14. The highest BCUT2D eigenvalue weighted by Crippen LogP contribution is 2.41. The van der Waals surface area contributed by atoms with Crippen LogP contribution in [0.15, 0.2) is 24.3 Å². The van der Waals surface area contributed by atoms with Gasteiger partial charge in [-0.3, -0.25) is 0 Å². The van der Waals surface area contributed by atoms with Crippen molar-refractivity contribution >= 4 is 0 Å². The molecule has 0 aromatic heterocycles. The SMILES string of the molecule is CC(C)Cc1ccc(C(CN)C2CC2)cc1. The van der Waals surface area contributed by atoms with Gasteiger partial charge in [0, 0.05) is 0 Å². The molecule has 0 saturated heterocycles. The molecule has 0 bridgehead atoms. The lowest BCUT2D eigenvalue weighted by Gasteiger charge is -2.15. The summed E-state index contributed by atoms with van der Waals surface area (Å²) in [4.78, 5) is 0. The first-order valence-corrected chi connectivity index (χ1v) is 6.49. The van der Waals surface area contributed by atoms with E-state index in [0.29, 0.717) is 5.92 Å². The predicted octanol–water partition coefficient (Wildman–Crippen LogP) is 3.34. The largest absolute Gasteiger partial charge is 0.330 e. The third-order valence-electron chi connectivity index (χ3n) is 3.50. The Labute approximate surface area is 99.0 Å². The van der Waals surface area contributed by atoms with Gasteiger partial charge in [0.2, 0.25) is 0 Å². The molecule has 1 fully saturated rings. The molecule has 0 aliphatic heterocycles. The molecule has 1 aliphatic carbocycles. The minimum atomic E-state index is 0.605. The van der Waals surface area contributed by atoms with Crippen molar-refractivity contribution in [2.75, 3.05) is 6.54 Å². The Hall–Kier alpha value is -0.820. The number of rotatable bonds is 5. The van der Waals surface area contributed by atoms with Gasteiger partial charge in [-0.1, -0.05) is 38.1 Å². The van der Waals surface area contributed by atoms with Crippen molar-refractivity contribution in [1.82, 2.24) is 0 Å². The average Bonchev–Trinajstić information content (AvgIpc) is 3.05. The van der Waals surface area contributed by atoms with Crippen molar-refractivity contribution in [2.45, 2.75) is 39.0 Å². The molecular formula is C15H23N. The van der Waals surface area contributed by atoms with Crippen LogP contribution >= 0.6 is 0 Å². The molecular weight excluding hydrogens is 194 g/mol. The molecule has 1 nitrogen and oxygen atoms in total. The van der Waals surface area contributed by atoms with Crippen molar-refractivity contribution in [3.8, 4) is 0 Å². The Balaban J connectivity index is 2.05. The van der Waals surface area contributed by atoms with Crippen LogP contribution in [0.3, 0.4) is 0 Å². The molecule has 16 heavy (non-hydrogen) atoms. The minimum absolute atomic E-state index is 0.605. The Morgan fingerprint density at radius 1 is 1.19 bits per heavy atom. The van der Waals surface area contributed by atoms with Gasteiger partial charge in [-0.2, -0.15) is 0 Å². The van der Waals surface area contributed by atoms with Crippen molar-refractivity contribution in [1.29, 1.82) is 0 Å². The van der Waals surface area contributed by atoms with E-state index in [4.69, 9.17) is 5.73 Å². The third-order valence-corrected chi connectivity index (χ3v) is 3.50. The van der Waals surface area contributed by atoms with E-state index in [2.05, 4.69) is 38.1 Å². The number of nitrogens with two attached hydrogens (primary N) is 1. The maximum Gasteiger partial charge on any atom is -0.000556 e. The molecule has 0 heterocycles. The van der Waals surface area contributed by atoms with Crippen LogP contribution in [0.2, 0.25) is 0 Å². The highest BCUT2D eigenvalue weighted by Gasteiger charge is 2.30. The summed E-state index contributed by atoms with van der Waals surface area (Å²) in [7, 11) is 0. The van der Waals surface area contributed by atoms with Gasteiger partial charge < -0.3 is 5.73 Å². The summed E-state index contributed by atoms with van der Waals surface area (Å²) in [5.41, 5.74) is 8.76. The maximum atomic E-state index is 5.86. The van der Waals surface area contributed by atoms with E-state index in [0.717, 1.165) is 18.4 Å². The molecule has 1 aliphatic rings. The second-order valence-electron chi connectivity index (χ2n) is 5.52. The summed E-state index contributed by atoms with van der Waals surface area (Å²) in [6, 6.07) is 9.13. The van der Waals surface area contributed by atoms with Crippen LogP contribution in [0.4, 0.5) is 0 Å². The summed E-state index contributed by atoms with van der Waals surface area (Å²) in [5, 5.41) is 0. The molecule has 1 atom stereocenters. The quantitative estimate of drug-likeness (QED) is 0.804. The van der Waals surface area contributed by atoms with Crippen LogP contribution in [0.5, 0.6) is 0 Å². The number of hydrogen-bond donors (Lipinski definition) is 1. The summed E-state index contributed by atoms with van der Waals surface area (Å²) >= 11 is 0. The highest BCUT2D eigenvalue weighted by atomic mass is 14.6. The predicted molar refractivity (Wildman–Crippen MR) is 69.5 cm³/mol. The number of hydrogen-bond acceptors (Lipinski definition) is 1. The standard InChI is InChI=1S/C15H23N/c1-11(2)9-12-3-5-13(6-4-12)15(10-16)14-7-8-14/h3-6,11,14-15H,7-10,16H2,1-2H3. The normalized spacial score (nSPS) is 17.8. The summed E-state index contributed by atoms with van der Waals surface area (Å²) in [5.74, 6) is 2.20. The molecule has 0 radical (unpaired) electrons. The molecule has 2 rings (SSSR count). The topological polar surface area (TPSA) is 26.0 Å². The fraction of sp³-hybridized carbons (Fsp3) is 0.600. The fourth-order valence-electron chi connectivity index (χ4n) is 2.47. The van der Waals surface area contributed by atoms with Gasteiger partial charge in [-0.05, 0) is 54.7 Å². The molecule has 1 saturated carbocycles. The Bertz CT molecular complexity index is 322. The Kier molecular flexibility index (Phi) is 3.65. The van der Waals surface area contributed by atoms with Gasteiger partial charge in [0.15, 0.2) is 0 Å². The van der Waals surface area contributed by atoms with Crippen LogP contribution in [0.25, 0.3) is 0 Å². The Morgan fingerprint density at radius 2 is 1.81 bits per heavy atom. The second-order valence-corrected chi connectivity index (χ2v) is 5.52. The minimum Gasteiger partial charge on any atom is -0.330 e. The van der Waals surface area contributed by atoms with E-state index < -0.39 is 0 Å². The summed E-state index contributed by atoms with van der Waals surface area (Å²) < 4.78 is 0. The molecule has 0 amide bonds. The van der Waals surface area contributed by atoms with Gasteiger partial charge in [-0.25, -0.2) is 0 Å². The van der Waals surface area contributed by atoms with Gasteiger partial charge >= 0.3 is 0 Å². The molecule has 88 valence electrons. The maximum absolute atomic E-state index is 5.86. The van der Waals surface area contributed by atoms with Crippen molar-refractivity contribution in [3.05, 3.63) is 35.4 Å². The van der Waals surface area contributed by atoms with Crippen LogP contribution in [-0.4, -0.2) is 6.54 Å². The average molecular weight is 217 g/mol. The van der Waals surface area contributed by atoms with E-state index >= 15 is 0 Å². The first kappa shape index (κ1) is 11.7. The van der Waals surface area contributed by atoms with Gasteiger partial charge in [-0.15, -0.1) is 0 Å². The van der Waals surface area contributed by atoms with Crippen LogP contribution in [0, 0.1) is 11.8 Å². The van der Waals surface area contributed by atoms with E-state index in [9.17, 15) is 0 Å².